The van der Waals surface area contributed by atoms with Gasteiger partial charge in [-0.15, -0.1) is 10.2 Å². The lowest BCUT2D eigenvalue weighted by Gasteiger charge is -2.23. The molecule has 4 rings (SSSR count). The van der Waals surface area contributed by atoms with Crippen LogP contribution in [0.2, 0.25) is 0 Å². The molecule has 0 radical (unpaired) electrons. The summed E-state index contributed by atoms with van der Waals surface area (Å²) in [5.41, 5.74) is 1.05. The lowest BCUT2D eigenvalue weighted by Crippen LogP contribution is -2.24. The molecule has 138 valence electrons. The van der Waals surface area contributed by atoms with Gasteiger partial charge < -0.3 is 19.2 Å². The summed E-state index contributed by atoms with van der Waals surface area (Å²) < 4.78 is 17.1. The number of hydrogen-bond acceptors (Lipinski definition) is 7. The molecule has 3 aromatic rings. The van der Waals surface area contributed by atoms with Crippen molar-refractivity contribution in [3.63, 3.8) is 0 Å². The van der Waals surface area contributed by atoms with Gasteiger partial charge in [0.1, 0.15) is 6.61 Å². The summed E-state index contributed by atoms with van der Waals surface area (Å²) in [6, 6.07) is 17.1. The number of nitrogens with one attached hydrogen (secondary N) is 1. The minimum atomic E-state index is -0.464. The van der Waals surface area contributed by atoms with Crippen molar-refractivity contribution in [2.45, 2.75) is 17.9 Å². The molecule has 1 aliphatic rings. The largest absolute Gasteiger partial charge is 0.485 e. The summed E-state index contributed by atoms with van der Waals surface area (Å²) >= 11 is 1.19. The highest BCUT2D eigenvalue weighted by Gasteiger charge is 2.27. The number of fused-ring (bicyclic) bond motifs is 1. The third kappa shape index (κ3) is 4.40. The van der Waals surface area contributed by atoms with E-state index in [1.165, 1.54) is 11.8 Å². The van der Waals surface area contributed by atoms with Crippen molar-refractivity contribution in [2.24, 2.45) is 0 Å². The average molecular weight is 383 g/mol. The van der Waals surface area contributed by atoms with Crippen LogP contribution in [-0.2, 0) is 11.3 Å². The molecule has 0 bridgehead atoms. The van der Waals surface area contributed by atoms with E-state index in [1.54, 1.807) is 0 Å². The van der Waals surface area contributed by atoms with Crippen molar-refractivity contribution in [2.75, 3.05) is 12.4 Å². The van der Waals surface area contributed by atoms with Crippen LogP contribution < -0.4 is 14.8 Å². The van der Waals surface area contributed by atoms with Crippen molar-refractivity contribution < 1.29 is 18.7 Å². The first-order chi connectivity index (χ1) is 13.3. The van der Waals surface area contributed by atoms with Gasteiger partial charge in [0.25, 0.3) is 11.1 Å². The molecule has 0 saturated carbocycles. The molecule has 27 heavy (non-hydrogen) atoms. The summed E-state index contributed by atoms with van der Waals surface area (Å²) in [7, 11) is 0. The molecule has 1 N–H and O–H groups in total. The van der Waals surface area contributed by atoms with E-state index in [-0.39, 0.29) is 11.7 Å². The molecule has 1 aliphatic heterocycles. The van der Waals surface area contributed by atoms with E-state index in [1.807, 2.05) is 54.6 Å². The van der Waals surface area contributed by atoms with E-state index in [0.29, 0.717) is 35.8 Å². The molecule has 0 spiro atoms. The Morgan fingerprint density at radius 1 is 1.07 bits per heavy atom. The van der Waals surface area contributed by atoms with Gasteiger partial charge in [0, 0.05) is 6.54 Å². The Bertz CT molecular complexity index is 916. The van der Waals surface area contributed by atoms with Gasteiger partial charge in [0.2, 0.25) is 12.0 Å². The first-order valence-corrected chi connectivity index (χ1v) is 9.42. The molecule has 7 nitrogen and oxygen atoms in total. The predicted molar refractivity (Wildman–Crippen MR) is 98.6 cm³/mol. The van der Waals surface area contributed by atoms with Crippen LogP contribution in [0.1, 0.15) is 17.6 Å². The van der Waals surface area contributed by atoms with Crippen LogP contribution in [0.5, 0.6) is 11.5 Å². The number of amides is 1. The quantitative estimate of drug-likeness (QED) is 0.655. The number of hydrogen-bond donors (Lipinski definition) is 1. The number of nitrogens with zero attached hydrogens (tertiary/aromatic N) is 2. The maximum atomic E-state index is 12.0. The smallest absolute Gasteiger partial charge is 0.277 e. The van der Waals surface area contributed by atoms with Gasteiger partial charge in [-0.05, 0) is 17.7 Å². The second kappa shape index (κ2) is 8.13. The molecule has 8 heteroatoms. The number of para-hydroxylation sites is 2. The van der Waals surface area contributed by atoms with Crippen LogP contribution in [0, 0.1) is 0 Å². The molecule has 1 aromatic heterocycles. The molecule has 0 fully saturated rings. The van der Waals surface area contributed by atoms with E-state index in [0.717, 1.165) is 5.56 Å². The third-order valence-corrected chi connectivity index (χ3v) is 4.68. The maximum absolute atomic E-state index is 12.0. The van der Waals surface area contributed by atoms with Crippen molar-refractivity contribution in [1.82, 2.24) is 15.5 Å². The number of rotatable bonds is 6. The third-order valence-electron chi connectivity index (χ3n) is 3.87. The zero-order valence-corrected chi connectivity index (χ0v) is 15.1. The van der Waals surface area contributed by atoms with E-state index in [2.05, 4.69) is 15.5 Å². The number of carbonyl (C=O) groups is 1. The Hall–Kier alpha value is -3.00. The van der Waals surface area contributed by atoms with Crippen LogP contribution in [0.15, 0.2) is 64.2 Å². The number of benzene rings is 2. The zero-order valence-electron chi connectivity index (χ0n) is 14.3. The van der Waals surface area contributed by atoms with E-state index in [4.69, 9.17) is 13.9 Å². The zero-order chi connectivity index (χ0) is 18.5. The molecule has 2 heterocycles. The molecule has 1 amide bonds. The SMILES string of the molecule is O=C(CSc1nnc([C@H]2COc3ccccc3O2)o1)NCc1ccccc1. The number of ether oxygens (including phenoxy) is 2. The summed E-state index contributed by atoms with van der Waals surface area (Å²) in [6.45, 7) is 0.781. The normalized spacial score (nSPS) is 15.3. The standard InChI is InChI=1S/C19H17N3O4S/c23-17(20-10-13-6-2-1-3-7-13)12-27-19-22-21-18(26-19)16-11-24-14-8-4-5-9-15(14)25-16/h1-9,16H,10-12H2,(H,20,23)/t16-/m1/s1. The summed E-state index contributed by atoms with van der Waals surface area (Å²) in [4.78, 5) is 12.0. The van der Waals surface area contributed by atoms with Gasteiger partial charge in [-0.2, -0.15) is 0 Å². The van der Waals surface area contributed by atoms with E-state index < -0.39 is 6.10 Å². The monoisotopic (exact) mass is 383 g/mol. The highest BCUT2D eigenvalue weighted by molar-refractivity contribution is 7.99. The first kappa shape index (κ1) is 17.4. The predicted octanol–water partition coefficient (Wildman–Crippen LogP) is 2.99. The van der Waals surface area contributed by atoms with Crippen molar-refractivity contribution in [3.8, 4) is 11.5 Å². The lowest BCUT2D eigenvalue weighted by atomic mass is 10.2. The second-order valence-corrected chi connectivity index (χ2v) is 6.75. The fourth-order valence-corrected chi connectivity index (χ4v) is 3.12. The van der Waals surface area contributed by atoms with Gasteiger partial charge in [-0.3, -0.25) is 4.79 Å². The molecule has 2 aromatic carbocycles. The Labute approximate surface area is 160 Å². The Morgan fingerprint density at radius 3 is 2.70 bits per heavy atom. The van der Waals surface area contributed by atoms with Crippen molar-refractivity contribution >= 4 is 17.7 Å². The molecule has 0 unspecified atom stereocenters. The van der Waals surface area contributed by atoms with Crippen molar-refractivity contribution in [3.05, 3.63) is 66.1 Å². The van der Waals surface area contributed by atoms with Gasteiger partial charge in [0.05, 0.1) is 5.75 Å². The van der Waals surface area contributed by atoms with E-state index >= 15 is 0 Å². The molecule has 0 saturated heterocycles. The highest BCUT2D eigenvalue weighted by Crippen LogP contribution is 2.35. The average Bonchev–Trinajstić information content (AvgIpc) is 3.20. The van der Waals surface area contributed by atoms with Crippen molar-refractivity contribution in [1.29, 1.82) is 0 Å². The van der Waals surface area contributed by atoms with Gasteiger partial charge in [-0.25, -0.2) is 0 Å². The van der Waals surface area contributed by atoms with Crippen LogP contribution in [0.25, 0.3) is 0 Å². The summed E-state index contributed by atoms with van der Waals surface area (Å²) in [6.07, 6.45) is -0.464. The highest BCUT2D eigenvalue weighted by atomic mass is 32.2. The minimum Gasteiger partial charge on any atom is -0.485 e. The summed E-state index contributed by atoms with van der Waals surface area (Å²) in [5, 5.41) is 11.2. The summed E-state index contributed by atoms with van der Waals surface area (Å²) in [5.74, 6) is 1.75. The minimum absolute atomic E-state index is 0.102. The van der Waals surface area contributed by atoms with Crippen LogP contribution in [-0.4, -0.2) is 28.5 Å². The first-order valence-electron chi connectivity index (χ1n) is 8.43. The molecular weight excluding hydrogens is 366 g/mol. The Kier molecular flexibility index (Phi) is 5.24. The Balaban J connectivity index is 1.28. The number of carbonyl (C=O) groups excluding carboxylic acids is 1. The van der Waals surface area contributed by atoms with Gasteiger partial charge in [-0.1, -0.05) is 54.2 Å². The number of aromatic nitrogens is 2. The van der Waals surface area contributed by atoms with Gasteiger partial charge in [0.15, 0.2) is 11.5 Å². The molecule has 1 atom stereocenters. The second-order valence-electron chi connectivity index (χ2n) is 5.82. The fraction of sp³-hybridized carbons (Fsp3) is 0.211. The topological polar surface area (TPSA) is 86.5 Å². The molecular formula is C19H17N3O4S. The lowest BCUT2D eigenvalue weighted by molar-refractivity contribution is -0.118. The maximum Gasteiger partial charge on any atom is 0.277 e. The fourth-order valence-electron chi connectivity index (χ4n) is 2.52. The molecule has 0 aliphatic carbocycles. The van der Waals surface area contributed by atoms with E-state index in [9.17, 15) is 4.79 Å². The van der Waals surface area contributed by atoms with Crippen LogP contribution in [0.4, 0.5) is 0 Å². The Morgan fingerprint density at radius 2 is 1.85 bits per heavy atom. The van der Waals surface area contributed by atoms with Crippen LogP contribution in [0.3, 0.4) is 0 Å². The van der Waals surface area contributed by atoms with Crippen LogP contribution >= 0.6 is 11.8 Å². The number of thioether (sulfide) groups is 1. The van der Waals surface area contributed by atoms with Gasteiger partial charge >= 0.3 is 0 Å².